The van der Waals surface area contributed by atoms with E-state index in [0.717, 1.165) is 16.3 Å². The highest BCUT2D eigenvalue weighted by Crippen LogP contribution is 2.19. The number of rotatable bonds is 4. The average molecular weight is 334 g/mol. The smallest absolute Gasteiger partial charge is 0.411 e. The molecule has 0 aliphatic carbocycles. The van der Waals surface area contributed by atoms with E-state index >= 15 is 0 Å². The first-order valence-corrected chi connectivity index (χ1v) is 7.90. The van der Waals surface area contributed by atoms with Crippen LogP contribution in [0.4, 0.5) is 10.5 Å². The Bertz CT molecular complexity index is 916. The van der Waals surface area contributed by atoms with Gasteiger partial charge in [0.2, 0.25) is 0 Å². The number of amides is 2. The van der Waals surface area contributed by atoms with Crippen LogP contribution in [0.15, 0.2) is 66.7 Å². The van der Waals surface area contributed by atoms with Gasteiger partial charge in [-0.3, -0.25) is 10.1 Å². The molecule has 0 aliphatic rings. The van der Waals surface area contributed by atoms with Gasteiger partial charge in [0.15, 0.2) is 0 Å². The second-order valence-corrected chi connectivity index (χ2v) is 5.50. The van der Waals surface area contributed by atoms with Crippen LogP contribution in [0.1, 0.15) is 15.9 Å². The van der Waals surface area contributed by atoms with Crippen molar-refractivity contribution in [3.05, 3.63) is 77.9 Å². The first-order chi connectivity index (χ1) is 12.2. The summed E-state index contributed by atoms with van der Waals surface area (Å²) in [4.78, 5) is 23.7. The van der Waals surface area contributed by atoms with Crippen LogP contribution in [0.5, 0.6) is 0 Å². The molecule has 5 heteroatoms. The van der Waals surface area contributed by atoms with Gasteiger partial charge in [0.1, 0.15) is 6.61 Å². The number of carbonyl (C=O) groups excluding carboxylic acids is 2. The number of anilines is 1. The largest absolute Gasteiger partial charge is 0.444 e. The molecule has 2 amide bonds. The first kappa shape index (κ1) is 16.5. The summed E-state index contributed by atoms with van der Waals surface area (Å²) in [7, 11) is 1.56. The zero-order valence-corrected chi connectivity index (χ0v) is 13.8. The minimum atomic E-state index is -0.568. The maximum Gasteiger partial charge on any atom is 0.411 e. The quantitative estimate of drug-likeness (QED) is 0.759. The number of carbonyl (C=O) groups is 2. The lowest BCUT2D eigenvalue weighted by molar-refractivity contribution is 0.0963. The Hall–Kier alpha value is -3.34. The van der Waals surface area contributed by atoms with Crippen LogP contribution in [-0.4, -0.2) is 19.0 Å². The lowest BCUT2D eigenvalue weighted by atomic mass is 10.1. The minimum Gasteiger partial charge on any atom is -0.444 e. The van der Waals surface area contributed by atoms with E-state index in [9.17, 15) is 9.59 Å². The van der Waals surface area contributed by atoms with Crippen molar-refractivity contribution < 1.29 is 14.3 Å². The van der Waals surface area contributed by atoms with Crippen molar-refractivity contribution in [2.24, 2.45) is 0 Å². The van der Waals surface area contributed by atoms with E-state index in [2.05, 4.69) is 10.6 Å². The van der Waals surface area contributed by atoms with Crippen molar-refractivity contribution in [3.63, 3.8) is 0 Å². The molecule has 0 heterocycles. The Kier molecular flexibility index (Phi) is 4.95. The van der Waals surface area contributed by atoms with E-state index in [-0.39, 0.29) is 12.5 Å². The van der Waals surface area contributed by atoms with Gasteiger partial charge in [0.25, 0.3) is 5.91 Å². The molecule has 0 spiro atoms. The van der Waals surface area contributed by atoms with E-state index in [0.29, 0.717) is 11.3 Å². The van der Waals surface area contributed by atoms with Crippen LogP contribution in [0.3, 0.4) is 0 Å². The van der Waals surface area contributed by atoms with E-state index < -0.39 is 6.09 Å². The van der Waals surface area contributed by atoms with Gasteiger partial charge in [-0.25, -0.2) is 4.79 Å². The van der Waals surface area contributed by atoms with Crippen LogP contribution in [-0.2, 0) is 11.3 Å². The highest BCUT2D eigenvalue weighted by molar-refractivity contribution is 5.96. The average Bonchev–Trinajstić information content (AvgIpc) is 2.66. The van der Waals surface area contributed by atoms with Crippen molar-refractivity contribution in [3.8, 4) is 0 Å². The molecule has 0 aromatic heterocycles. The zero-order chi connectivity index (χ0) is 17.6. The van der Waals surface area contributed by atoms with E-state index in [1.807, 2.05) is 42.5 Å². The molecular weight excluding hydrogens is 316 g/mol. The van der Waals surface area contributed by atoms with Gasteiger partial charge in [0.05, 0.1) is 0 Å². The number of fused-ring (bicyclic) bond motifs is 1. The van der Waals surface area contributed by atoms with Gasteiger partial charge in [-0.1, -0.05) is 48.5 Å². The number of hydrogen-bond acceptors (Lipinski definition) is 3. The van der Waals surface area contributed by atoms with Gasteiger partial charge in [0, 0.05) is 18.3 Å². The highest BCUT2D eigenvalue weighted by atomic mass is 16.5. The Morgan fingerprint density at radius 2 is 1.72 bits per heavy atom. The molecule has 126 valence electrons. The summed E-state index contributed by atoms with van der Waals surface area (Å²) in [5, 5.41) is 7.34. The normalized spacial score (nSPS) is 10.3. The molecule has 0 saturated carbocycles. The van der Waals surface area contributed by atoms with Crippen molar-refractivity contribution in [1.29, 1.82) is 0 Å². The van der Waals surface area contributed by atoms with Crippen LogP contribution in [0, 0.1) is 0 Å². The van der Waals surface area contributed by atoms with Crippen LogP contribution < -0.4 is 10.6 Å². The molecule has 3 aromatic rings. The third-order valence-electron chi connectivity index (χ3n) is 3.84. The molecule has 3 rings (SSSR count). The van der Waals surface area contributed by atoms with Gasteiger partial charge >= 0.3 is 6.09 Å². The second kappa shape index (κ2) is 7.49. The predicted molar refractivity (Wildman–Crippen MR) is 97.6 cm³/mol. The number of benzene rings is 3. The highest BCUT2D eigenvalue weighted by Gasteiger charge is 2.08. The Labute approximate surface area is 145 Å². The van der Waals surface area contributed by atoms with Gasteiger partial charge in [-0.05, 0) is 34.5 Å². The maximum atomic E-state index is 12.0. The third-order valence-corrected chi connectivity index (χ3v) is 3.84. The summed E-state index contributed by atoms with van der Waals surface area (Å²) in [6.45, 7) is 0.169. The molecule has 0 aliphatic heterocycles. The molecule has 5 nitrogen and oxygen atoms in total. The van der Waals surface area contributed by atoms with Crippen molar-refractivity contribution in [1.82, 2.24) is 5.32 Å². The summed E-state index contributed by atoms with van der Waals surface area (Å²) in [5.74, 6) is -0.215. The topological polar surface area (TPSA) is 67.4 Å². The van der Waals surface area contributed by atoms with E-state index in [4.69, 9.17) is 4.74 Å². The van der Waals surface area contributed by atoms with E-state index in [1.54, 1.807) is 31.3 Å². The van der Waals surface area contributed by atoms with Gasteiger partial charge in [-0.2, -0.15) is 0 Å². The monoisotopic (exact) mass is 334 g/mol. The molecular formula is C20H18N2O3. The van der Waals surface area contributed by atoms with Crippen molar-refractivity contribution >= 4 is 28.5 Å². The summed E-state index contributed by atoms with van der Waals surface area (Å²) in [6, 6.07) is 20.5. The molecule has 3 aromatic carbocycles. The van der Waals surface area contributed by atoms with Crippen LogP contribution >= 0.6 is 0 Å². The molecule has 25 heavy (non-hydrogen) atoms. The zero-order valence-electron chi connectivity index (χ0n) is 13.8. The predicted octanol–water partition coefficient (Wildman–Crippen LogP) is 3.95. The molecule has 0 saturated heterocycles. The number of hydrogen-bond donors (Lipinski definition) is 2. The van der Waals surface area contributed by atoms with Crippen molar-refractivity contribution in [2.75, 3.05) is 12.4 Å². The summed E-state index contributed by atoms with van der Waals surface area (Å²) in [5.41, 5.74) is 1.91. The summed E-state index contributed by atoms with van der Waals surface area (Å²) < 4.78 is 5.32. The minimum absolute atomic E-state index is 0.169. The standard InChI is InChI=1S/C20H18N2O3/c1-21-19(23)15-8-5-10-17(12-15)22-20(24)25-13-16-9-4-7-14-6-2-3-11-18(14)16/h2-12H,13H2,1H3,(H,21,23)(H,22,24). The van der Waals surface area contributed by atoms with Gasteiger partial charge < -0.3 is 10.1 Å². The number of nitrogens with one attached hydrogen (secondary N) is 2. The van der Waals surface area contributed by atoms with Crippen LogP contribution in [0.25, 0.3) is 10.8 Å². The molecule has 2 N–H and O–H groups in total. The Morgan fingerprint density at radius 1 is 0.960 bits per heavy atom. The molecule has 0 bridgehead atoms. The molecule has 0 fully saturated rings. The Balaban J connectivity index is 1.66. The van der Waals surface area contributed by atoms with Crippen LogP contribution in [0.2, 0.25) is 0 Å². The summed E-state index contributed by atoms with van der Waals surface area (Å²) in [6.07, 6.45) is -0.568. The Morgan fingerprint density at radius 3 is 2.56 bits per heavy atom. The maximum absolute atomic E-state index is 12.0. The second-order valence-electron chi connectivity index (χ2n) is 5.50. The fourth-order valence-corrected chi connectivity index (χ4v) is 2.60. The molecule has 0 atom stereocenters. The van der Waals surface area contributed by atoms with Gasteiger partial charge in [-0.15, -0.1) is 0 Å². The molecule has 0 unspecified atom stereocenters. The first-order valence-electron chi connectivity index (χ1n) is 7.90. The lowest BCUT2D eigenvalue weighted by Crippen LogP contribution is -2.18. The number of ether oxygens (including phenoxy) is 1. The molecule has 0 radical (unpaired) electrons. The fourth-order valence-electron chi connectivity index (χ4n) is 2.60. The third kappa shape index (κ3) is 3.95. The lowest BCUT2D eigenvalue weighted by Gasteiger charge is -2.10. The fraction of sp³-hybridized carbons (Fsp3) is 0.100. The summed E-state index contributed by atoms with van der Waals surface area (Å²) >= 11 is 0. The van der Waals surface area contributed by atoms with E-state index in [1.165, 1.54) is 0 Å². The van der Waals surface area contributed by atoms with Crippen molar-refractivity contribution in [2.45, 2.75) is 6.61 Å². The SMILES string of the molecule is CNC(=O)c1cccc(NC(=O)OCc2cccc3ccccc23)c1.